The van der Waals surface area contributed by atoms with Gasteiger partial charge in [-0.05, 0) is 39.3 Å². The number of aromatic nitrogens is 1. The summed E-state index contributed by atoms with van der Waals surface area (Å²) in [4.78, 5) is 67.2. The first-order valence-corrected chi connectivity index (χ1v) is 13.7. The number of carbonyl (C=O) groups is 5. The Morgan fingerprint density at radius 1 is 0.929 bits per heavy atom. The molecule has 230 valence electrons. The van der Waals surface area contributed by atoms with E-state index in [4.69, 9.17) is 28.4 Å². The van der Waals surface area contributed by atoms with E-state index in [0.717, 1.165) is 20.8 Å². The van der Waals surface area contributed by atoms with E-state index in [2.05, 4.69) is 4.98 Å². The number of ether oxygens (including phenoxy) is 6. The minimum atomic E-state index is -2.00. The second-order valence-electron chi connectivity index (χ2n) is 11.9. The molecular weight excluding hydrogens is 554 g/mol. The van der Waals surface area contributed by atoms with Crippen LogP contribution < -0.4 is 0 Å². The highest BCUT2D eigenvalue weighted by molar-refractivity contribution is 5.89. The van der Waals surface area contributed by atoms with Crippen LogP contribution in [0.4, 0.5) is 0 Å². The van der Waals surface area contributed by atoms with Crippen LogP contribution in [-0.2, 0) is 47.6 Å². The Balaban J connectivity index is 2.06. The Morgan fingerprint density at radius 3 is 2.10 bits per heavy atom. The summed E-state index contributed by atoms with van der Waals surface area (Å²) in [6, 6.07) is 3.04. The van der Waals surface area contributed by atoms with Gasteiger partial charge in [-0.2, -0.15) is 0 Å². The molecule has 2 bridgehead atoms. The van der Waals surface area contributed by atoms with Gasteiger partial charge in [0, 0.05) is 52.4 Å². The van der Waals surface area contributed by atoms with Gasteiger partial charge in [-0.25, -0.2) is 4.79 Å². The Bertz CT molecular complexity index is 1260. The minimum absolute atomic E-state index is 0.0272. The lowest BCUT2D eigenvalue weighted by molar-refractivity contribution is -0.355. The first-order valence-electron chi connectivity index (χ1n) is 13.7. The molecule has 0 amide bonds. The summed E-state index contributed by atoms with van der Waals surface area (Å²) >= 11 is 0. The fourth-order valence-electron chi connectivity index (χ4n) is 7.30. The number of hydrogen-bond acceptors (Lipinski definition) is 13. The molecular formula is C29H37NO12. The fourth-order valence-corrected chi connectivity index (χ4v) is 7.30. The monoisotopic (exact) mass is 591 g/mol. The summed E-state index contributed by atoms with van der Waals surface area (Å²) in [7, 11) is 0. The lowest BCUT2D eigenvalue weighted by atomic mass is 9.46. The summed E-state index contributed by atoms with van der Waals surface area (Å²) < 4.78 is 35.8. The van der Waals surface area contributed by atoms with Crippen LogP contribution in [0.25, 0.3) is 0 Å². The van der Waals surface area contributed by atoms with Gasteiger partial charge in [-0.1, -0.05) is 0 Å². The van der Waals surface area contributed by atoms with Crippen molar-refractivity contribution < 1.29 is 57.5 Å². The SMILES string of the molecule is CC(=O)OC[C@]12[C@@H](OC(=O)c3cccnc3)C[C@@H]3[C@@H](OC(C)=O)[C@]1(OC3(C)C)[C@@](C)(O)C[C@H](OC(C)=O)[C@@H]2OC(C)=O. The average Bonchev–Trinajstić information content (AvgIpc) is 3.03. The average molecular weight is 592 g/mol. The van der Waals surface area contributed by atoms with Crippen molar-refractivity contribution in [3.05, 3.63) is 30.1 Å². The maximum absolute atomic E-state index is 13.5. The molecule has 4 rings (SSSR count). The molecule has 0 aromatic carbocycles. The molecule has 1 aromatic heterocycles. The number of fused-ring (bicyclic) bond motifs is 1. The molecule has 1 spiro atoms. The highest BCUT2D eigenvalue weighted by atomic mass is 16.6. The summed E-state index contributed by atoms with van der Waals surface area (Å²) in [5.74, 6) is -4.40. The van der Waals surface area contributed by atoms with Gasteiger partial charge >= 0.3 is 29.8 Å². The van der Waals surface area contributed by atoms with E-state index in [1.165, 1.54) is 32.3 Å². The summed E-state index contributed by atoms with van der Waals surface area (Å²) in [5, 5.41) is 12.4. The van der Waals surface area contributed by atoms with Gasteiger partial charge in [0.05, 0.1) is 16.8 Å². The zero-order valence-corrected chi connectivity index (χ0v) is 24.7. The number of rotatable bonds is 7. The molecule has 3 aliphatic rings. The van der Waals surface area contributed by atoms with E-state index in [1.54, 1.807) is 19.9 Å². The van der Waals surface area contributed by atoms with Gasteiger partial charge in [-0.3, -0.25) is 24.2 Å². The van der Waals surface area contributed by atoms with E-state index in [-0.39, 0.29) is 18.4 Å². The largest absolute Gasteiger partial charge is 0.465 e. The van der Waals surface area contributed by atoms with Gasteiger partial charge < -0.3 is 33.5 Å². The third-order valence-corrected chi connectivity index (χ3v) is 8.63. The van der Waals surface area contributed by atoms with Crippen LogP contribution in [0.5, 0.6) is 0 Å². The summed E-state index contributed by atoms with van der Waals surface area (Å²) in [6.07, 6.45) is -2.82. The lowest BCUT2D eigenvalue weighted by Gasteiger charge is -2.65. The van der Waals surface area contributed by atoms with Gasteiger partial charge in [0.2, 0.25) is 0 Å². The van der Waals surface area contributed by atoms with Gasteiger partial charge in [-0.15, -0.1) is 0 Å². The van der Waals surface area contributed by atoms with Crippen LogP contribution in [0.1, 0.15) is 71.7 Å². The van der Waals surface area contributed by atoms with Gasteiger partial charge in [0.1, 0.15) is 30.3 Å². The molecule has 1 N–H and O–H groups in total. The third kappa shape index (κ3) is 5.02. The topological polar surface area (TPSA) is 174 Å². The van der Waals surface area contributed by atoms with Crippen LogP contribution in [0.15, 0.2) is 24.5 Å². The van der Waals surface area contributed by atoms with Gasteiger partial charge in [0.25, 0.3) is 0 Å². The number of aliphatic hydroxyl groups is 1. The molecule has 1 saturated heterocycles. The third-order valence-electron chi connectivity index (χ3n) is 8.63. The van der Waals surface area contributed by atoms with Crippen LogP contribution in [-0.4, -0.2) is 87.8 Å². The standard InChI is InChI=1S/C29H37NO12/c1-15(31)37-14-28-22(41-25(35)19-9-8-10-30-13-19)11-20-23(39-17(3)33)29(28,42-26(20,5)6)27(7,36)12-21(38-16(2)32)24(28)40-18(4)34/h8-10,13,20-24,36H,11-12,14H2,1-7H3/t20-,21+,22+,23-,24+,27+,28-,29+/m1/s1. The van der Waals surface area contributed by atoms with Crippen molar-refractivity contribution in [1.82, 2.24) is 4.98 Å². The first-order chi connectivity index (χ1) is 19.5. The van der Waals surface area contributed by atoms with Crippen LogP contribution in [0.3, 0.4) is 0 Å². The quantitative estimate of drug-likeness (QED) is 0.359. The maximum Gasteiger partial charge on any atom is 0.340 e. The Labute approximate surface area is 243 Å². The zero-order chi connectivity index (χ0) is 31.3. The van der Waals surface area contributed by atoms with Crippen molar-refractivity contribution in [2.24, 2.45) is 11.3 Å². The van der Waals surface area contributed by atoms with Crippen LogP contribution in [0.2, 0.25) is 0 Å². The van der Waals surface area contributed by atoms with Crippen molar-refractivity contribution in [3.8, 4) is 0 Å². The van der Waals surface area contributed by atoms with Crippen molar-refractivity contribution in [2.45, 2.75) is 103 Å². The fraction of sp³-hybridized carbons (Fsp3) is 0.655. The molecule has 0 unspecified atom stereocenters. The van der Waals surface area contributed by atoms with E-state index in [1.807, 2.05) is 0 Å². The number of nitrogens with zero attached hydrogens (tertiary/aromatic N) is 1. The van der Waals surface area contributed by atoms with E-state index >= 15 is 0 Å². The molecule has 2 saturated carbocycles. The Morgan fingerprint density at radius 2 is 1.55 bits per heavy atom. The normalized spacial score (nSPS) is 36.1. The summed E-state index contributed by atoms with van der Waals surface area (Å²) in [5.41, 5.74) is -6.93. The molecule has 2 aliphatic carbocycles. The molecule has 42 heavy (non-hydrogen) atoms. The predicted octanol–water partition coefficient (Wildman–Crippen LogP) is 1.67. The highest BCUT2D eigenvalue weighted by Crippen LogP contribution is 2.69. The predicted molar refractivity (Wildman–Crippen MR) is 140 cm³/mol. The maximum atomic E-state index is 13.5. The molecule has 1 aliphatic heterocycles. The highest BCUT2D eigenvalue weighted by Gasteiger charge is 2.86. The van der Waals surface area contributed by atoms with E-state index in [0.29, 0.717) is 0 Å². The molecule has 1 aromatic rings. The molecule has 8 atom stereocenters. The number of hydrogen-bond donors (Lipinski definition) is 1. The Hall–Kier alpha value is -3.58. The Kier molecular flexibility index (Phi) is 8.15. The molecule has 13 nitrogen and oxygen atoms in total. The van der Waals surface area contributed by atoms with E-state index in [9.17, 15) is 29.1 Å². The van der Waals surface area contributed by atoms with Crippen molar-refractivity contribution in [1.29, 1.82) is 0 Å². The zero-order valence-electron chi connectivity index (χ0n) is 24.7. The van der Waals surface area contributed by atoms with Crippen molar-refractivity contribution in [2.75, 3.05) is 6.61 Å². The van der Waals surface area contributed by atoms with Gasteiger partial charge in [0.15, 0.2) is 11.7 Å². The molecule has 2 heterocycles. The van der Waals surface area contributed by atoms with Crippen molar-refractivity contribution in [3.63, 3.8) is 0 Å². The van der Waals surface area contributed by atoms with E-state index < -0.39 is 89.0 Å². The number of esters is 5. The number of carbonyl (C=O) groups excluding carboxylic acids is 5. The molecule has 0 radical (unpaired) electrons. The molecule has 13 heteroatoms. The number of pyridine rings is 1. The molecule has 3 fully saturated rings. The van der Waals surface area contributed by atoms with Crippen LogP contribution >= 0.6 is 0 Å². The minimum Gasteiger partial charge on any atom is -0.465 e. The smallest absolute Gasteiger partial charge is 0.340 e. The van der Waals surface area contributed by atoms with Crippen molar-refractivity contribution >= 4 is 29.8 Å². The van der Waals surface area contributed by atoms with Crippen LogP contribution in [0, 0.1) is 11.3 Å². The first kappa shape index (κ1) is 31.4. The summed E-state index contributed by atoms with van der Waals surface area (Å²) in [6.45, 7) is 8.90. The second-order valence-corrected chi connectivity index (χ2v) is 11.9. The second kappa shape index (κ2) is 10.9. The lowest BCUT2D eigenvalue weighted by Crippen LogP contribution is -2.83.